The normalized spacial score (nSPS) is 11.5. The quantitative estimate of drug-likeness (QED) is 0.177. The molecule has 4 aromatic heterocycles. The van der Waals surface area contributed by atoms with Gasteiger partial charge in [0.2, 0.25) is 0 Å². The number of pyridine rings is 2. The Balaban J connectivity index is 1.22. The molecule has 0 saturated heterocycles. The van der Waals surface area contributed by atoms with Crippen LogP contribution >= 0.6 is 0 Å². The molecule has 6 nitrogen and oxygen atoms in total. The molecule has 0 unspecified atom stereocenters. The van der Waals surface area contributed by atoms with Crippen molar-refractivity contribution in [3.63, 3.8) is 0 Å². The monoisotopic (exact) mass is 752 g/mol. The summed E-state index contributed by atoms with van der Waals surface area (Å²) in [5.41, 5.74) is 8.88. The van der Waals surface area contributed by atoms with Crippen LogP contribution in [0.15, 0.2) is 128 Å². The summed E-state index contributed by atoms with van der Waals surface area (Å²) >= 11 is 2.38. The van der Waals surface area contributed by atoms with E-state index in [2.05, 4.69) is 131 Å². The molecular formula is C37H27N5OPt. The molecule has 0 radical (unpaired) electrons. The summed E-state index contributed by atoms with van der Waals surface area (Å²) < 4.78 is 14.3. The van der Waals surface area contributed by atoms with E-state index >= 15 is 0 Å². The van der Waals surface area contributed by atoms with E-state index in [9.17, 15) is 0 Å². The van der Waals surface area contributed by atoms with Crippen LogP contribution in [0.3, 0.4) is 0 Å². The van der Waals surface area contributed by atoms with Crippen LogP contribution in [0.25, 0.3) is 55.5 Å². The topological polar surface area (TPSA) is 49.8 Å². The van der Waals surface area contributed by atoms with Crippen molar-refractivity contribution < 1.29 is 24.1 Å². The number of para-hydroxylation sites is 3. The van der Waals surface area contributed by atoms with Gasteiger partial charge in [-0.2, -0.15) is 0 Å². The molecule has 216 valence electrons. The van der Waals surface area contributed by atoms with E-state index in [0.717, 1.165) is 65.4 Å². The average Bonchev–Trinajstić information content (AvgIpc) is 3.52. The molecule has 0 aliphatic carbocycles. The Bertz CT molecular complexity index is 2420. The van der Waals surface area contributed by atoms with Gasteiger partial charge in [0.1, 0.15) is 0 Å². The van der Waals surface area contributed by atoms with Crippen LogP contribution in [0.5, 0.6) is 11.5 Å². The molecule has 0 fully saturated rings. The van der Waals surface area contributed by atoms with Gasteiger partial charge in [-0.05, 0) is 30.2 Å². The van der Waals surface area contributed by atoms with Gasteiger partial charge in [-0.25, -0.2) is 0 Å². The van der Waals surface area contributed by atoms with Crippen LogP contribution in [-0.2, 0) is 26.4 Å². The predicted octanol–water partition coefficient (Wildman–Crippen LogP) is 8.70. The third-order valence-electron chi connectivity index (χ3n) is 8.18. The van der Waals surface area contributed by atoms with Gasteiger partial charge >= 0.3 is 194 Å². The van der Waals surface area contributed by atoms with Crippen molar-refractivity contribution in [1.82, 2.24) is 23.7 Å². The second kappa shape index (κ2) is 10.6. The molecule has 0 atom stereocenters. The molecule has 0 aliphatic rings. The molecule has 0 saturated carbocycles. The van der Waals surface area contributed by atoms with E-state index in [0.29, 0.717) is 0 Å². The fraction of sp³-hybridized carbons (Fsp3) is 0.0541. The molecule has 8 aromatic rings. The minimum Gasteiger partial charge on any atom is -0.265 e. The summed E-state index contributed by atoms with van der Waals surface area (Å²) in [7, 11) is 2.10. The fourth-order valence-electron chi connectivity index (χ4n) is 6.09. The molecule has 0 aliphatic heterocycles. The SMILES string of the molecule is Cc1cc(-n2c3ccccc3c3ccc(Oc4cccc(-n5[c](=[Pt])n(C)c6ccccc65)c4)cc32)ncc1-c1ccncc1. The molecule has 0 amide bonds. The number of nitrogens with zero attached hydrogens (tertiary/aromatic N) is 5. The fourth-order valence-corrected chi connectivity index (χ4v) is 6.93. The third-order valence-corrected chi connectivity index (χ3v) is 9.45. The van der Waals surface area contributed by atoms with Crippen molar-refractivity contribution in [2.24, 2.45) is 7.05 Å². The summed E-state index contributed by atoms with van der Waals surface area (Å²) in [6, 6.07) is 37.7. The maximum absolute atomic E-state index is 6.53. The minimum absolute atomic E-state index is 0.765. The van der Waals surface area contributed by atoms with Crippen molar-refractivity contribution in [3.05, 3.63) is 137 Å². The smallest absolute Gasteiger partial charge is 0.265 e. The third kappa shape index (κ3) is 4.33. The van der Waals surface area contributed by atoms with Gasteiger partial charge in [0, 0.05) is 24.2 Å². The molecule has 0 spiro atoms. The Kier molecular flexibility index (Phi) is 6.39. The Hall–Kier alpha value is -5.06. The Morgan fingerprint density at radius 2 is 1.39 bits per heavy atom. The van der Waals surface area contributed by atoms with Gasteiger partial charge < -0.3 is 0 Å². The summed E-state index contributed by atoms with van der Waals surface area (Å²) in [6.07, 6.45) is 5.58. The minimum atomic E-state index is 0.765. The number of imidazole rings is 1. The van der Waals surface area contributed by atoms with Crippen molar-refractivity contribution >= 4 is 32.8 Å². The summed E-state index contributed by atoms with van der Waals surface area (Å²) in [5, 5.41) is 2.33. The zero-order chi connectivity index (χ0) is 29.8. The van der Waals surface area contributed by atoms with E-state index in [1.165, 1.54) is 10.9 Å². The van der Waals surface area contributed by atoms with E-state index in [1.54, 1.807) is 0 Å². The molecule has 4 aromatic carbocycles. The molecule has 8 rings (SSSR count). The number of fused-ring (bicyclic) bond motifs is 4. The van der Waals surface area contributed by atoms with Crippen molar-refractivity contribution in [2.45, 2.75) is 6.92 Å². The zero-order valence-electron chi connectivity index (χ0n) is 24.1. The predicted molar refractivity (Wildman–Crippen MR) is 172 cm³/mol. The van der Waals surface area contributed by atoms with E-state index in [-0.39, 0.29) is 0 Å². The number of aromatic nitrogens is 5. The average molecular weight is 753 g/mol. The van der Waals surface area contributed by atoms with E-state index in [4.69, 9.17) is 9.72 Å². The number of benzene rings is 4. The van der Waals surface area contributed by atoms with Gasteiger partial charge in [0.05, 0.1) is 0 Å². The van der Waals surface area contributed by atoms with Gasteiger partial charge in [0.25, 0.3) is 0 Å². The van der Waals surface area contributed by atoms with Crippen LogP contribution < -0.4 is 4.74 Å². The molecule has 44 heavy (non-hydrogen) atoms. The number of rotatable bonds is 5. The first kappa shape index (κ1) is 26.6. The van der Waals surface area contributed by atoms with Crippen LogP contribution in [0, 0.1) is 10.7 Å². The number of hydrogen-bond donors (Lipinski definition) is 0. The van der Waals surface area contributed by atoms with Gasteiger partial charge in [-0.3, -0.25) is 4.98 Å². The Morgan fingerprint density at radius 3 is 2.20 bits per heavy atom. The number of aryl methyl sites for hydroxylation is 2. The zero-order valence-corrected chi connectivity index (χ0v) is 26.4. The van der Waals surface area contributed by atoms with Crippen LogP contribution in [-0.4, -0.2) is 23.7 Å². The van der Waals surface area contributed by atoms with Crippen molar-refractivity contribution in [2.75, 3.05) is 0 Å². The first-order valence-electron chi connectivity index (χ1n) is 14.4. The first-order valence-corrected chi connectivity index (χ1v) is 15.5. The summed E-state index contributed by atoms with van der Waals surface area (Å²) in [4.78, 5) is 9.11. The van der Waals surface area contributed by atoms with E-state index in [1.807, 2.05) is 48.9 Å². The summed E-state index contributed by atoms with van der Waals surface area (Å²) in [5.74, 6) is 2.41. The number of hydrogen-bond acceptors (Lipinski definition) is 3. The Morgan fingerprint density at radius 1 is 0.659 bits per heavy atom. The van der Waals surface area contributed by atoms with Crippen LogP contribution in [0.2, 0.25) is 0 Å². The molecular weight excluding hydrogens is 726 g/mol. The molecule has 4 heterocycles. The Labute approximate surface area is 264 Å². The van der Waals surface area contributed by atoms with Crippen molar-refractivity contribution in [1.29, 1.82) is 0 Å². The van der Waals surface area contributed by atoms with Gasteiger partial charge in [-0.1, -0.05) is 12.1 Å². The van der Waals surface area contributed by atoms with E-state index < -0.39 is 0 Å². The van der Waals surface area contributed by atoms with Gasteiger partial charge in [0.15, 0.2) is 0 Å². The number of ether oxygens (including phenoxy) is 1. The molecule has 7 heteroatoms. The second-order valence-electron chi connectivity index (χ2n) is 10.8. The molecule has 0 N–H and O–H groups in total. The van der Waals surface area contributed by atoms with Gasteiger partial charge in [-0.15, -0.1) is 0 Å². The van der Waals surface area contributed by atoms with Crippen molar-refractivity contribution in [3.8, 4) is 34.1 Å². The molecule has 0 bridgehead atoms. The standard InChI is InChI=1S/C37H27N5O.Pt/c1-25-20-37(39-23-32(25)26-16-18-38-19-17-26)42-33-11-4-3-10-30(33)31-15-14-29(22-36(31)42)43-28-9-7-8-27(21-28)41-24-40(2)34-12-5-6-13-35(34)41;/h3-23H,1-2H3;. The first-order chi connectivity index (χ1) is 21.6. The second-order valence-corrected chi connectivity index (χ2v) is 11.9. The summed E-state index contributed by atoms with van der Waals surface area (Å²) in [6.45, 7) is 2.13. The van der Waals surface area contributed by atoms with Crippen LogP contribution in [0.4, 0.5) is 0 Å². The maximum atomic E-state index is 6.53. The van der Waals surface area contributed by atoms with Crippen LogP contribution in [0.1, 0.15) is 5.56 Å².